The van der Waals surface area contributed by atoms with Crippen molar-refractivity contribution in [3.63, 3.8) is 0 Å². The Balaban J connectivity index is 3.36. The largest absolute Gasteiger partial charge is 0.410 e. The second kappa shape index (κ2) is 4.90. The Morgan fingerprint density at radius 2 is 2.22 bits per heavy atom. The number of nitrogens with one attached hydrogen (secondary N) is 1. The number of hydrogen-bond donors (Lipinski definition) is 1. The summed E-state index contributed by atoms with van der Waals surface area (Å²) in [5.74, 6) is -1.40. The van der Waals surface area contributed by atoms with Gasteiger partial charge in [-0.2, -0.15) is 4.68 Å². The fraction of sp³-hybridized carbons (Fsp3) is 0.429. The molecular weight excluding hydrogens is 288 g/mol. The van der Waals surface area contributed by atoms with Gasteiger partial charge in [0.15, 0.2) is 0 Å². The van der Waals surface area contributed by atoms with E-state index >= 15 is 0 Å². The van der Waals surface area contributed by atoms with Crippen LogP contribution in [-0.4, -0.2) is 36.1 Å². The third-order valence-electron chi connectivity index (χ3n) is 2.14. The molecule has 0 saturated heterocycles. The van der Waals surface area contributed by atoms with Gasteiger partial charge in [0, 0.05) is 17.7 Å². The lowest BCUT2D eigenvalue weighted by Gasteiger charge is -2.05. The lowest BCUT2D eigenvalue weighted by molar-refractivity contribution is -0.392. The molecule has 1 aromatic heterocycles. The zero-order valence-corrected chi connectivity index (χ0v) is 10.9. The van der Waals surface area contributed by atoms with Crippen LogP contribution in [0.2, 0.25) is 0 Å². The Kier molecular flexibility index (Phi) is 3.92. The van der Waals surface area contributed by atoms with E-state index < -0.39 is 36.6 Å². The third-order valence-corrected chi connectivity index (χ3v) is 3.45. The molecule has 100 valence electrons. The minimum absolute atomic E-state index is 0.481. The van der Waals surface area contributed by atoms with Crippen molar-refractivity contribution in [1.82, 2.24) is 15.1 Å². The molecular formula is C7H9ClN4O5S. The molecule has 0 bridgehead atoms. The lowest BCUT2D eigenvalue weighted by atomic mass is 10.3. The molecule has 0 saturated carbocycles. The van der Waals surface area contributed by atoms with Crippen molar-refractivity contribution in [2.45, 2.75) is 17.9 Å². The molecule has 1 rings (SSSR count). The lowest BCUT2D eigenvalue weighted by Crippen LogP contribution is -2.28. The number of nitrogens with zero attached hydrogens (tertiary/aromatic N) is 3. The minimum atomic E-state index is -4.31. The molecule has 0 radical (unpaired) electrons. The smallest absolute Gasteiger partial charge is 0.358 e. The maximum atomic E-state index is 11.3. The zero-order chi connectivity index (χ0) is 14.1. The van der Waals surface area contributed by atoms with Gasteiger partial charge in [0.25, 0.3) is 9.05 Å². The van der Waals surface area contributed by atoms with Crippen LogP contribution in [0, 0.1) is 10.1 Å². The van der Waals surface area contributed by atoms with E-state index in [4.69, 9.17) is 10.7 Å². The molecule has 1 amide bonds. The van der Waals surface area contributed by atoms with Crippen LogP contribution in [-0.2, 0) is 13.8 Å². The summed E-state index contributed by atoms with van der Waals surface area (Å²) in [6, 6.07) is -0.902. The van der Waals surface area contributed by atoms with Crippen LogP contribution in [0.4, 0.5) is 5.82 Å². The molecule has 1 unspecified atom stereocenters. The molecule has 0 spiro atoms. The van der Waals surface area contributed by atoms with Crippen molar-refractivity contribution in [2.24, 2.45) is 0 Å². The van der Waals surface area contributed by atoms with E-state index in [0.717, 1.165) is 10.9 Å². The number of nitro groups is 1. The van der Waals surface area contributed by atoms with Crippen LogP contribution >= 0.6 is 10.7 Å². The number of carbonyl (C=O) groups excluding carboxylic acids is 1. The standard InChI is InChI=1S/C7H9ClN4O5S/c1-4(7(13)9-2)11-3-5(18(8,16)17)6(10-11)12(14)15/h3-4H,1-2H3,(H,9,13). The molecule has 18 heavy (non-hydrogen) atoms. The first kappa shape index (κ1) is 14.4. The molecule has 1 heterocycles. The first-order chi connectivity index (χ1) is 8.18. The van der Waals surface area contributed by atoms with Crippen LogP contribution in [0.3, 0.4) is 0 Å². The highest BCUT2D eigenvalue weighted by atomic mass is 35.7. The molecule has 0 aliphatic carbocycles. The molecule has 1 aromatic rings. The van der Waals surface area contributed by atoms with Gasteiger partial charge >= 0.3 is 5.82 Å². The van der Waals surface area contributed by atoms with Gasteiger partial charge in [0.2, 0.25) is 10.8 Å². The molecule has 1 atom stereocenters. The summed E-state index contributed by atoms with van der Waals surface area (Å²) in [6.07, 6.45) is 0.848. The van der Waals surface area contributed by atoms with E-state index in [-0.39, 0.29) is 0 Å². The maximum absolute atomic E-state index is 11.3. The van der Waals surface area contributed by atoms with Crippen molar-refractivity contribution in [2.75, 3.05) is 7.05 Å². The van der Waals surface area contributed by atoms with Gasteiger partial charge in [0.1, 0.15) is 6.04 Å². The number of likely N-dealkylation sites (N-methyl/N-ethyl adjacent to an activating group) is 1. The summed E-state index contributed by atoms with van der Waals surface area (Å²) < 4.78 is 23.1. The highest BCUT2D eigenvalue weighted by Crippen LogP contribution is 2.26. The number of amides is 1. The SMILES string of the molecule is CNC(=O)C(C)n1cc(S(=O)(=O)Cl)c([N+](=O)[O-])n1. The Morgan fingerprint density at radius 1 is 1.67 bits per heavy atom. The average Bonchev–Trinajstić information content (AvgIpc) is 2.71. The van der Waals surface area contributed by atoms with Crippen molar-refractivity contribution in [3.8, 4) is 0 Å². The van der Waals surface area contributed by atoms with Gasteiger partial charge in [-0.25, -0.2) is 8.42 Å². The number of carbonyl (C=O) groups is 1. The van der Waals surface area contributed by atoms with Gasteiger partial charge in [-0.15, -0.1) is 0 Å². The number of rotatable bonds is 4. The van der Waals surface area contributed by atoms with E-state index in [1.807, 2.05) is 0 Å². The summed E-state index contributed by atoms with van der Waals surface area (Å²) in [7, 11) is 2.12. The normalized spacial score (nSPS) is 13.1. The van der Waals surface area contributed by atoms with Gasteiger partial charge in [-0.1, -0.05) is 0 Å². The number of halogens is 1. The average molecular weight is 297 g/mol. The fourth-order valence-corrected chi connectivity index (χ4v) is 2.09. The summed E-state index contributed by atoms with van der Waals surface area (Å²) >= 11 is 0. The van der Waals surface area contributed by atoms with Gasteiger partial charge in [-0.3, -0.25) is 4.79 Å². The Bertz CT molecular complexity index is 595. The first-order valence-corrected chi connectivity index (χ1v) is 6.89. The topological polar surface area (TPSA) is 124 Å². The molecule has 9 nitrogen and oxygen atoms in total. The van der Waals surface area contributed by atoms with Crippen molar-refractivity contribution in [3.05, 3.63) is 16.3 Å². The second-order valence-corrected chi connectivity index (χ2v) is 5.82. The zero-order valence-electron chi connectivity index (χ0n) is 9.32. The van der Waals surface area contributed by atoms with Crippen LogP contribution in [0.25, 0.3) is 0 Å². The monoisotopic (exact) mass is 296 g/mol. The molecule has 1 N–H and O–H groups in total. The van der Waals surface area contributed by atoms with E-state index in [1.165, 1.54) is 14.0 Å². The van der Waals surface area contributed by atoms with Crippen LogP contribution in [0.1, 0.15) is 13.0 Å². The van der Waals surface area contributed by atoms with Crippen LogP contribution < -0.4 is 5.32 Å². The van der Waals surface area contributed by atoms with Crippen molar-refractivity contribution < 1.29 is 18.1 Å². The molecule has 0 fully saturated rings. The number of hydrogen-bond acceptors (Lipinski definition) is 6. The predicted molar refractivity (Wildman–Crippen MR) is 60.7 cm³/mol. The molecule has 0 aromatic carbocycles. The minimum Gasteiger partial charge on any atom is -0.358 e. The van der Waals surface area contributed by atoms with Crippen LogP contribution in [0.5, 0.6) is 0 Å². The Morgan fingerprint density at radius 3 is 2.56 bits per heavy atom. The predicted octanol–water partition coefficient (Wildman–Crippen LogP) is 0.0258. The van der Waals surface area contributed by atoms with Crippen molar-refractivity contribution >= 4 is 31.5 Å². The summed E-state index contributed by atoms with van der Waals surface area (Å²) in [6.45, 7) is 1.40. The highest BCUT2D eigenvalue weighted by molar-refractivity contribution is 8.13. The van der Waals surface area contributed by atoms with E-state index in [9.17, 15) is 23.3 Å². The second-order valence-electron chi connectivity index (χ2n) is 3.28. The van der Waals surface area contributed by atoms with Gasteiger partial charge < -0.3 is 15.4 Å². The first-order valence-electron chi connectivity index (χ1n) is 4.58. The molecule has 0 aliphatic rings. The molecule has 11 heteroatoms. The van der Waals surface area contributed by atoms with Gasteiger partial charge in [0.05, 0.1) is 11.3 Å². The summed E-state index contributed by atoms with van der Waals surface area (Å²) in [5, 5.41) is 16.4. The summed E-state index contributed by atoms with van der Waals surface area (Å²) in [5.41, 5.74) is 0. The van der Waals surface area contributed by atoms with Crippen LogP contribution in [0.15, 0.2) is 11.1 Å². The van der Waals surface area contributed by atoms with E-state index in [2.05, 4.69) is 10.4 Å². The Hall–Kier alpha value is -1.68. The van der Waals surface area contributed by atoms with Crippen molar-refractivity contribution in [1.29, 1.82) is 0 Å². The quantitative estimate of drug-likeness (QED) is 0.474. The van der Waals surface area contributed by atoms with E-state index in [0.29, 0.717) is 0 Å². The number of aromatic nitrogens is 2. The summed E-state index contributed by atoms with van der Waals surface area (Å²) in [4.78, 5) is 20.2. The third kappa shape index (κ3) is 2.76. The Labute approximate surface area is 106 Å². The fourth-order valence-electron chi connectivity index (χ4n) is 1.19. The highest BCUT2D eigenvalue weighted by Gasteiger charge is 2.32. The maximum Gasteiger partial charge on any atom is 0.410 e. The van der Waals surface area contributed by atoms with Gasteiger partial charge in [-0.05, 0) is 11.8 Å². The molecule has 0 aliphatic heterocycles. The van der Waals surface area contributed by atoms with E-state index in [1.54, 1.807) is 0 Å².